The van der Waals surface area contributed by atoms with Gasteiger partial charge in [0.2, 0.25) is 11.8 Å². The van der Waals surface area contributed by atoms with E-state index in [0.717, 1.165) is 0 Å². The topological polar surface area (TPSA) is 94.7 Å². The summed E-state index contributed by atoms with van der Waals surface area (Å²) in [6, 6.07) is 13.0. The maximum Gasteiger partial charge on any atom is 0.340 e. The number of ether oxygens (including phenoxy) is 2. The molecule has 1 N–H and O–H groups in total. The number of aliphatic hydroxyl groups is 1. The number of hydrogen-bond donors (Lipinski definition) is 1. The number of benzene rings is 2. The number of oxazole rings is 1. The highest BCUT2D eigenvalue weighted by molar-refractivity contribution is 6.00. The zero-order valence-corrected chi connectivity index (χ0v) is 20.0. The molecule has 0 bridgehead atoms. The van der Waals surface area contributed by atoms with Gasteiger partial charge in [-0.25, -0.2) is 19.2 Å². The molecule has 0 fully saturated rings. The molecule has 0 spiro atoms. The number of nitrogens with zero attached hydrogens (tertiary/aromatic N) is 2. The van der Waals surface area contributed by atoms with Crippen molar-refractivity contribution in [1.82, 2.24) is 9.97 Å². The summed E-state index contributed by atoms with van der Waals surface area (Å²) in [6.07, 6.45) is -1.17. The number of aromatic nitrogens is 2. The van der Waals surface area contributed by atoms with Gasteiger partial charge in [-0.3, -0.25) is 0 Å². The fourth-order valence-electron chi connectivity index (χ4n) is 4.05. The van der Waals surface area contributed by atoms with Gasteiger partial charge in [0.15, 0.2) is 5.58 Å². The number of carbonyl (C=O) groups excluding carboxylic acids is 1. The molecule has 1 unspecified atom stereocenters. The van der Waals surface area contributed by atoms with Crippen molar-refractivity contribution < 1.29 is 28.2 Å². The molecule has 0 aliphatic carbocycles. The minimum absolute atomic E-state index is 0.0134. The number of fused-ring (bicyclic) bond motifs is 1. The third kappa shape index (κ3) is 4.88. The van der Waals surface area contributed by atoms with Gasteiger partial charge in [-0.1, -0.05) is 38.1 Å². The average molecular weight is 479 g/mol. The van der Waals surface area contributed by atoms with E-state index in [0.29, 0.717) is 33.5 Å². The van der Waals surface area contributed by atoms with Gasteiger partial charge in [-0.05, 0) is 42.7 Å². The largest absolute Gasteiger partial charge is 0.481 e. The van der Waals surface area contributed by atoms with E-state index in [1.54, 1.807) is 31.2 Å². The zero-order valence-electron chi connectivity index (χ0n) is 20.0. The van der Waals surface area contributed by atoms with Crippen LogP contribution in [-0.4, -0.2) is 34.8 Å². The molecule has 0 amide bonds. The number of carbonyl (C=O) groups is 1. The van der Waals surface area contributed by atoms with Crippen LogP contribution in [0.5, 0.6) is 5.88 Å². The molecule has 2 aromatic carbocycles. The van der Waals surface area contributed by atoms with Crippen LogP contribution < -0.4 is 4.74 Å². The second-order valence-corrected chi connectivity index (χ2v) is 8.36. The third-order valence-corrected chi connectivity index (χ3v) is 5.63. The summed E-state index contributed by atoms with van der Waals surface area (Å²) < 4.78 is 30.5. The second kappa shape index (κ2) is 10.2. The van der Waals surface area contributed by atoms with Crippen molar-refractivity contribution in [3.8, 4) is 17.0 Å². The van der Waals surface area contributed by atoms with Crippen LogP contribution in [0, 0.1) is 5.82 Å². The molecule has 2 aromatic heterocycles. The summed E-state index contributed by atoms with van der Waals surface area (Å²) >= 11 is 0. The van der Waals surface area contributed by atoms with Crippen LogP contribution in [0.4, 0.5) is 4.39 Å². The smallest absolute Gasteiger partial charge is 0.340 e. The van der Waals surface area contributed by atoms with E-state index >= 15 is 0 Å². The predicted octanol–water partition coefficient (Wildman–Crippen LogP) is 5.61. The molecule has 1 atom stereocenters. The Morgan fingerprint density at radius 1 is 1.11 bits per heavy atom. The minimum atomic E-state index is -1.16. The van der Waals surface area contributed by atoms with Crippen molar-refractivity contribution in [3.63, 3.8) is 0 Å². The number of halogens is 1. The van der Waals surface area contributed by atoms with E-state index in [9.17, 15) is 14.3 Å². The number of aliphatic hydroxyl groups excluding tert-OH is 1. The van der Waals surface area contributed by atoms with E-state index in [4.69, 9.17) is 13.9 Å². The average Bonchev–Trinajstić information content (AvgIpc) is 3.29. The third-order valence-electron chi connectivity index (χ3n) is 5.63. The SMILES string of the molecule is CCOC(=O)c1c(C(C)C)nc(OC)c(CC(O)c2nc3ccccc3o2)c1-c1ccc(F)cc1. The van der Waals surface area contributed by atoms with Crippen molar-refractivity contribution in [2.75, 3.05) is 13.7 Å². The van der Waals surface area contributed by atoms with Gasteiger partial charge in [0.1, 0.15) is 17.4 Å². The lowest BCUT2D eigenvalue weighted by molar-refractivity contribution is 0.0524. The molecule has 35 heavy (non-hydrogen) atoms. The molecule has 4 rings (SSSR count). The monoisotopic (exact) mass is 478 g/mol. The van der Waals surface area contributed by atoms with E-state index < -0.39 is 17.9 Å². The Morgan fingerprint density at radius 2 is 1.83 bits per heavy atom. The van der Waals surface area contributed by atoms with Gasteiger partial charge in [0, 0.05) is 17.5 Å². The van der Waals surface area contributed by atoms with E-state index in [2.05, 4.69) is 9.97 Å². The highest BCUT2D eigenvalue weighted by atomic mass is 19.1. The Balaban J connectivity index is 1.93. The van der Waals surface area contributed by atoms with Crippen molar-refractivity contribution in [2.45, 2.75) is 39.2 Å². The predicted molar refractivity (Wildman–Crippen MR) is 129 cm³/mol. The second-order valence-electron chi connectivity index (χ2n) is 8.36. The fraction of sp³-hybridized carbons (Fsp3) is 0.296. The molecule has 4 aromatic rings. The van der Waals surface area contributed by atoms with Gasteiger partial charge in [0.25, 0.3) is 0 Å². The van der Waals surface area contributed by atoms with Crippen LogP contribution in [0.1, 0.15) is 60.3 Å². The van der Waals surface area contributed by atoms with Crippen LogP contribution >= 0.6 is 0 Å². The zero-order chi connectivity index (χ0) is 25.1. The van der Waals surface area contributed by atoms with Crippen LogP contribution in [0.2, 0.25) is 0 Å². The summed E-state index contributed by atoms with van der Waals surface area (Å²) in [6.45, 7) is 5.71. The van der Waals surface area contributed by atoms with E-state index in [1.165, 1.54) is 19.2 Å². The van der Waals surface area contributed by atoms with Crippen molar-refractivity contribution in [3.05, 3.63) is 77.1 Å². The Bertz CT molecular complexity index is 1310. The fourth-order valence-corrected chi connectivity index (χ4v) is 4.05. The molecule has 182 valence electrons. The van der Waals surface area contributed by atoms with Crippen LogP contribution in [0.3, 0.4) is 0 Å². The standard InChI is InChI=1S/C27H27FN2O5/c1-5-34-27(32)23-22(16-10-12-17(28)13-11-16)18(25(33-4)30-24(23)15(2)3)14-20(31)26-29-19-8-6-7-9-21(19)35-26/h6-13,15,20,31H,5,14H2,1-4H3. The summed E-state index contributed by atoms with van der Waals surface area (Å²) in [5.74, 6) is -0.730. The Morgan fingerprint density at radius 3 is 2.46 bits per heavy atom. The highest BCUT2D eigenvalue weighted by Gasteiger charge is 2.30. The Labute approximate surface area is 202 Å². The minimum Gasteiger partial charge on any atom is -0.481 e. The van der Waals surface area contributed by atoms with Crippen molar-refractivity contribution in [1.29, 1.82) is 0 Å². The molecule has 2 heterocycles. The molecule has 7 nitrogen and oxygen atoms in total. The van der Waals surface area contributed by atoms with Gasteiger partial charge in [0.05, 0.1) is 25.0 Å². The van der Waals surface area contributed by atoms with Crippen molar-refractivity contribution >= 4 is 17.1 Å². The van der Waals surface area contributed by atoms with E-state index in [-0.39, 0.29) is 36.3 Å². The van der Waals surface area contributed by atoms with E-state index in [1.807, 2.05) is 26.0 Å². The summed E-state index contributed by atoms with van der Waals surface area (Å²) in [4.78, 5) is 22.2. The number of rotatable bonds is 8. The molecule has 0 saturated carbocycles. The first kappa shape index (κ1) is 24.3. The number of esters is 1. The maximum absolute atomic E-state index is 13.8. The van der Waals surface area contributed by atoms with Gasteiger partial charge in [-0.2, -0.15) is 0 Å². The van der Waals surface area contributed by atoms with Gasteiger partial charge >= 0.3 is 5.97 Å². The molecular weight excluding hydrogens is 451 g/mol. The van der Waals surface area contributed by atoms with Gasteiger partial charge < -0.3 is 19.0 Å². The molecule has 0 radical (unpaired) electrons. The summed E-state index contributed by atoms with van der Waals surface area (Å²) in [5, 5.41) is 11.1. The quantitative estimate of drug-likeness (QED) is 0.329. The molecule has 0 saturated heterocycles. The van der Waals surface area contributed by atoms with Gasteiger partial charge in [-0.15, -0.1) is 0 Å². The lowest BCUT2D eigenvalue weighted by atomic mass is 9.88. The molecule has 0 aliphatic heterocycles. The Hall–Kier alpha value is -3.78. The lowest BCUT2D eigenvalue weighted by Gasteiger charge is -2.22. The first-order valence-electron chi connectivity index (χ1n) is 11.4. The van der Waals surface area contributed by atoms with Crippen molar-refractivity contribution in [2.24, 2.45) is 0 Å². The number of methoxy groups -OCH3 is 1. The number of pyridine rings is 1. The number of hydrogen-bond acceptors (Lipinski definition) is 7. The van der Waals surface area contributed by atoms with Crippen LogP contribution in [-0.2, 0) is 11.2 Å². The normalized spacial score (nSPS) is 12.2. The molecule has 0 aliphatic rings. The summed E-state index contributed by atoms with van der Waals surface area (Å²) in [5.41, 5.74) is 3.40. The van der Waals surface area contributed by atoms with Crippen LogP contribution in [0.25, 0.3) is 22.2 Å². The first-order valence-corrected chi connectivity index (χ1v) is 11.4. The number of para-hydroxylation sites is 2. The van der Waals surface area contributed by atoms with Crippen LogP contribution in [0.15, 0.2) is 52.9 Å². The maximum atomic E-state index is 13.8. The molecular formula is C27H27FN2O5. The molecule has 8 heteroatoms. The first-order chi connectivity index (χ1) is 16.8. The Kier molecular flexibility index (Phi) is 7.12. The lowest BCUT2D eigenvalue weighted by Crippen LogP contribution is -2.17. The summed E-state index contributed by atoms with van der Waals surface area (Å²) in [7, 11) is 1.47. The highest BCUT2D eigenvalue weighted by Crippen LogP contribution is 2.40.